The zero-order valence-electron chi connectivity index (χ0n) is 8.57. The van der Waals surface area contributed by atoms with Gasteiger partial charge in [0.1, 0.15) is 4.88 Å². The maximum absolute atomic E-state index is 11.8. The van der Waals surface area contributed by atoms with Crippen molar-refractivity contribution in [1.82, 2.24) is 4.90 Å². The van der Waals surface area contributed by atoms with Crippen LogP contribution in [0.15, 0.2) is 18.8 Å². The molecule has 0 saturated heterocycles. The molecule has 0 unspecified atom stereocenters. The molecule has 0 aliphatic rings. The Hall–Kier alpha value is -1.14. The largest absolute Gasteiger partial charge is 0.477 e. The van der Waals surface area contributed by atoms with Gasteiger partial charge in [0.05, 0.1) is 5.56 Å². The van der Waals surface area contributed by atoms with Crippen LogP contribution in [-0.2, 0) is 5.33 Å². The Morgan fingerprint density at radius 2 is 2.31 bits per heavy atom. The van der Waals surface area contributed by atoms with Crippen molar-refractivity contribution in [2.24, 2.45) is 0 Å². The van der Waals surface area contributed by atoms with Crippen molar-refractivity contribution in [2.45, 2.75) is 5.33 Å². The third-order valence-electron chi connectivity index (χ3n) is 1.97. The monoisotopic (exact) mass is 303 g/mol. The summed E-state index contributed by atoms with van der Waals surface area (Å²) in [7, 11) is 1.57. The minimum Gasteiger partial charge on any atom is -0.477 e. The van der Waals surface area contributed by atoms with Gasteiger partial charge in [-0.05, 0) is 12.3 Å². The number of carboxylic acids is 1. The predicted molar refractivity (Wildman–Crippen MR) is 66.2 cm³/mol. The van der Waals surface area contributed by atoms with Gasteiger partial charge >= 0.3 is 5.97 Å². The molecule has 0 bridgehead atoms. The number of carbonyl (C=O) groups excluding carboxylic acids is 1. The summed E-state index contributed by atoms with van der Waals surface area (Å²) in [6.45, 7) is 3.49. The second kappa shape index (κ2) is 5.27. The van der Waals surface area contributed by atoms with Gasteiger partial charge in [-0.15, -0.1) is 11.3 Å². The van der Waals surface area contributed by atoms with E-state index in [4.69, 9.17) is 5.11 Å². The molecule has 0 aromatic carbocycles. The van der Waals surface area contributed by atoms with Gasteiger partial charge in [-0.3, -0.25) is 4.79 Å². The molecule has 0 fully saturated rings. The van der Waals surface area contributed by atoms with Gasteiger partial charge in [0, 0.05) is 17.3 Å². The maximum atomic E-state index is 11.8. The molecular formula is C10H10BrNO3S. The first-order valence-corrected chi connectivity index (χ1v) is 6.26. The molecule has 1 aromatic heterocycles. The van der Waals surface area contributed by atoms with Crippen LogP contribution in [0.5, 0.6) is 0 Å². The number of halogens is 1. The van der Waals surface area contributed by atoms with Crippen LogP contribution in [0, 0.1) is 0 Å². The summed E-state index contributed by atoms with van der Waals surface area (Å²) >= 11 is 4.33. The van der Waals surface area contributed by atoms with Crippen LogP contribution >= 0.6 is 27.3 Å². The highest BCUT2D eigenvalue weighted by atomic mass is 79.9. The van der Waals surface area contributed by atoms with E-state index >= 15 is 0 Å². The number of hydrogen-bond acceptors (Lipinski definition) is 3. The first-order valence-electron chi connectivity index (χ1n) is 4.33. The fourth-order valence-corrected chi connectivity index (χ4v) is 2.57. The molecule has 16 heavy (non-hydrogen) atoms. The van der Waals surface area contributed by atoms with Gasteiger partial charge in [-0.25, -0.2) is 4.79 Å². The molecule has 0 aliphatic carbocycles. The van der Waals surface area contributed by atoms with E-state index in [0.717, 1.165) is 11.3 Å². The standard InChI is InChI=1S/C10H10BrNO3S/c1-3-12(2)9(13)6-4-7(10(14)15)16-8(6)5-11/h3-4H,1,5H2,2H3,(H,14,15). The first-order chi connectivity index (χ1) is 7.51. The van der Waals surface area contributed by atoms with E-state index < -0.39 is 5.97 Å². The quantitative estimate of drug-likeness (QED) is 0.870. The zero-order valence-corrected chi connectivity index (χ0v) is 11.0. The third-order valence-corrected chi connectivity index (χ3v) is 4.02. The molecule has 1 amide bonds. The minimum atomic E-state index is -1.02. The van der Waals surface area contributed by atoms with Crippen LogP contribution in [0.1, 0.15) is 24.9 Å². The average Bonchev–Trinajstić information content (AvgIpc) is 2.70. The van der Waals surface area contributed by atoms with Crippen molar-refractivity contribution >= 4 is 39.1 Å². The Kier molecular flexibility index (Phi) is 4.26. The van der Waals surface area contributed by atoms with Crippen LogP contribution in [0.2, 0.25) is 0 Å². The van der Waals surface area contributed by atoms with Crippen molar-refractivity contribution in [3.8, 4) is 0 Å². The number of aromatic carboxylic acids is 1. The molecule has 1 N–H and O–H groups in total. The van der Waals surface area contributed by atoms with Gasteiger partial charge in [0.15, 0.2) is 0 Å². The molecule has 0 aliphatic heterocycles. The van der Waals surface area contributed by atoms with E-state index in [0.29, 0.717) is 15.8 Å². The van der Waals surface area contributed by atoms with Gasteiger partial charge in [0.25, 0.3) is 5.91 Å². The van der Waals surface area contributed by atoms with Gasteiger partial charge in [-0.2, -0.15) is 0 Å². The SMILES string of the molecule is C=CN(C)C(=O)c1cc(C(=O)O)sc1CBr. The number of alkyl halides is 1. The molecule has 1 heterocycles. The normalized spacial score (nSPS) is 9.88. The number of thiophene rings is 1. The molecule has 86 valence electrons. The second-order valence-electron chi connectivity index (χ2n) is 2.98. The summed E-state index contributed by atoms with van der Waals surface area (Å²) in [4.78, 5) is 24.8. The van der Waals surface area contributed by atoms with Crippen LogP contribution in [0.3, 0.4) is 0 Å². The molecule has 4 nitrogen and oxygen atoms in total. The predicted octanol–water partition coefficient (Wildman–Crippen LogP) is 2.56. The average molecular weight is 304 g/mol. The van der Waals surface area contributed by atoms with E-state index in [1.807, 2.05) is 0 Å². The highest BCUT2D eigenvalue weighted by Gasteiger charge is 2.19. The van der Waals surface area contributed by atoms with Crippen molar-refractivity contribution in [2.75, 3.05) is 7.05 Å². The summed E-state index contributed by atoms with van der Waals surface area (Å²) in [6.07, 6.45) is 1.39. The lowest BCUT2D eigenvalue weighted by atomic mass is 10.2. The fraction of sp³-hybridized carbons (Fsp3) is 0.200. The molecule has 1 rings (SSSR count). The lowest BCUT2D eigenvalue weighted by Crippen LogP contribution is -2.20. The smallest absolute Gasteiger partial charge is 0.345 e. The number of carboxylic acid groups (broad SMARTS) is 1. The molecule has 6 heteroatoms. The molecule has 0 saturated carbocycles. The summed E-state index contributed by atoms with van der Waals surface area (Å²) in [5, 5.41) is 9.30. The highest BCUT2D eigenvalue weighted by molar-refractivity contribution is 9.08. The van der Waals surface area contributed by atoms with E-state index in [1.54, 1.807) is 7.05 Å². The molecule has 1 aromatic rings. The first kappa shape index (κ1) is 12.9. The summed E-state index contributed by atoms with van der Waals surface area (Å²) in [6, 6.07) is 1.39. The second-order valence-corrected chi connectivity index (χ2v) is 4.68. The summed E-state index contributed by atoms with van der Waals surface area (Å²) in [5.74, 6) is -1.28. The third kappa shape index (κ3) is 2.51. The number of rotatable bonds is 4. The van der Waals surface area contributed by atoms with Gasteiger partial charge in [-0.1, -0.05) is 22.5 Å². The van der Waals surface area contributed by atoms with Gasteiger partial charge < -0.3 is 10.0 Å². The Bertz CT molecular complexity index is 441. The van der Waals surface area contributed by atoms with Crippen molar-refractivity contribution in [3.05, 3.63) is 34.2 Å². The topological polar surface area (TPSA) is 57.6 Å². The van der Waals surface area contributed by atoms with Crippen molar-refractivity contribution < 1.29 is 14.7 Å². The van der Waals surface area contributed by atoms with Crippen LogP contribution in [-0.4, -0.2) is 28.9 Å². The van der Waals surface area contributed by atoms with E-state index in [1.165, 1.54) is 17.2 Å². The maximum Gasteiger partial charge on any atom is 0.345 e. The number of amides is 1. The Labute approximate surface area is 105 Å². The molecular weight excluding hydrogens is 294 g/mol. The van der Waals surface area contributed by atoms with Crippen LogP contribution in [0.4, 0.5) is 0 Å². The highest BCUT2D eigenvalue weighted by Crippen LogP contribution is 2.26. The minimum absolute atomic E-state index is 0.162. The Morgan fingerprint density at radius 3 is 2.75 bits per heavy atom. The van der Waals surface area contributed by atoms with Gasteiger partial charge in [0.2, 0.25) is 0 Å². The summed E-state index contributed by atoms with van der Waals surface area (Å²) < 4.78 is 0. The Morgan fingerprint density at radius 1 is 1.69 bits per heavy atom. The zero-order chi connectivity index (χ0) is 12.3. The number of nitrogens with zero attached hydrogens (tertiary/aromatic N) is 1. The fourth-order valence-electron chi connectivity index (χ4n) is 1.09. The van der Waals surface area contributed by atoms with Crippen molar-refractivity contribution in [3.63, 3.8) is 0 Å². The van der Waals surface area contributed by atoms with Crippen LogP contribution in [0.25, 0.3) is 0 Å². The van der Waals surface area contributed by atoms with Crippen molar-refractivity contribution in [1.29, 1.82) is 0 Å². The van der Waals surface area contributed by atoms with E-state index in [-0.39, 0.29) is 10.8 Å². The molecule has 0 atom stereocenters. The lowest BCUT2D eigenvalue weighted by Gasteiger charge is -2.10. The van der Waals surface area contributed by atoms with Crippen LogP contribution < -0.4 is 0 Å². The molecule has 0 spiro atoms. The molecule has 0 radical (unpaired) electrons. The summed E-state index contributed by atoms with van der Waals surface area (Å²) in [5.41, 5.74) is 0.404. The number of hydrogen-bond donors (Lipinski definition) is 1. The van der Waals surface area contributed by atoms with E-state index in [9.17, 15) is 9.59 Å². The Balaban J connectivity index is 3.16. The lowest BCUT2D eigenvalue weighted by molar-refractivity contribution is 0.0702. The van der Waals surface area contributed by atoms with E-state index in [2.05, 4.69) is 22.5 Å². The number of carbonyl (C=O) groups is 2.